The summed E-state index contributed by atoms with van der Waals surface area (Å²) in [6.07, 6.45) is 4.84. The summed E-state index contributed by atoms with van der Waals surface area (Å²) in [5.41, 5.74) is 2.64. The maximum absolute atomic E-state index is 15.6. The van der Waals surface area contributed by atoms with E-state index < -0.39 is 17.2 Å². The van der Waals surface area contributed by atoms with Crippen LogP contribution in [0.2, 0.25) is 0 Å². The molecule has 0 spiro atoms. The SMILES string of the molecule is CCOC(=O)c1cn(-c2ccc(Cn3ccnn3)cc2)c2cc(N3CCN(c4ccc(F)cc4)CC3)c(F)cc2c1=O. The van der Waals surface area contributed by atoms with E-state index in [2.05, 4.69) is 15.2 Å². The highest BCUT2D eigenvalue weighted by Crippen LogP contribution is 2.29. The Kier molecular flexibility index (Phi) is 7.39. The van der Waals surface area contributed by atoms with Gasteiger partial charge in [-0.15, -0.1) is 5.10 Å². The fraction of sp³-hybridized carbons (Fsp3) is 0.226. The van der Waals surface area contributed by atoms with Gasteiger partial charge >= 0.3 is 5.97 Å². The Bertz CT molecular complexity index is 1780. The number of fused-ring (bicyclic) bond motifs is 1. The van der Waals surface area contributed by atoms with Crippen LogP contribution in [0.5, 0.6) is 0 Å². The highest BCUT2D eigenvalue weighted by Gasteiger charge is 2.24. The second kappa shape index (κ2) is 11.4. The Balaban J connectivity index is 1.37. The van der Waals surface area contributed by atoms with Gasteiger partial charge in [0.25, 0.3) is 0 Å². The molecule has 5 aromatic rings. The summed E-state index contributed by atoms with van der Waals surface area (Å²) in [6.45, 7) is 4.58. The van der Waals surface area contributed by atoms with Crippen LogP contribution in [0.3, 0.4) is 0 Å². The van der Waals surface area contributed by atoms with E-state index in [9.17, 15) is 14.0 Å². The summed E-state index contributed by atoms with van der Waals surface area (Å²) in [5, 5.41) is 7.91. The van der Waals surface area contributed by atoms with Crippen molar-refractivity contribution in [3.8, 4) is 5.69 Å². The Labute approximate surface area is 240 Å². The lowest BCUT2D eigenvalue weighted by atomic mass is 10.1. The van der Waals surface area contributed by atoms with Crippen molar-refractivity contribution < 1.29 is 18.3 Å². The van der Waals surface area contributed by atoms with Crippen LogP contribution in [0.15, 0.2) is 84.0 Å². The molecule has 1 fully saturated rings. The maximum atomic E-state index is 15.6. The molecule has 1 aliphatic heterocycles. The van der Waals surface area contributed by atoms with Crippen LogP contribution in [0.25, 0.3) is 16.6 Å². The lowest BCUT2D eigenvalue weighted by Crippen LogP contribution is -2.46. The smallest absolute Gasteiger partial charge is 0.343 e. The first kappa shape index (κ1) is 27.1. The highest BCUT2D eigenvalue weighted by atomic mass is 19.1. The zero-order chi connectivity index (χ0) is 29.2. The monoisotopic (exact) mass is 570 g/mol. The summed E-state index contributed by atoms with van der Waals surface area (Å²) in [5.74, 6) is -1.61. The summed E-state index contributed by atoms with van der Waals surface area (Å²) in [4.78, 5) is 30.1. The zero-order valence-electron chi connectivity index (χ0n) is 22.9. The summed E-state index contributed by atoms with van der Waals surface area (Å²) in [6, 6.07) is 16.8. The number of carbonyl (C=O) groups is 1. The van der Waals surface area contributed by atoms with E-state index in [1.165, 1.54) is 24.4 Å². The number of rotatable bonds is 7. The first-order valence-corrected chi connectivity index (χ1v) is 13.7. The Morgan fingerprint density at radius 3 is 2.29 bits per heavy atom. The van der Waals surface area contributed by atoms with Crippen molar-refractivity contribution in [3.63, 3.8) is 0 Å². The normalized spacial score (nSPS) is 13.5. The van der Waals surface area contributed by atoms with Gasteiger partial charge in [-0.05, 0) is 61.0 Å². The van der Waals surface area contributed by atoms with Gasteiger partial charge in [0.15, 0.2) is 0 Å². The number of aromatic nitrogens is 4. The van der Waals surface area contributed by atoms with E-state index >= 15 is 4.39 Å². The standard InChI is InChI=1S/C31H28F2N6O3/c1-2-42-31(41)26-20-39(24-7-3-21(4-8-24)19-38-12-11-34-35-38)28-18-29(27(33)17-25(28)30(26)40)37-15-13-36(14-16-37)23-9-5-22(32)6-10-23/h3-12,17-18,20H,2,13-16,19H2,1H3. The zero-order valence-corrected chi connectivity index (χ0v) is 22.9. The molecule has 3 aromatic carbocycles. The van der Waals surface area contributed by atoms with Crippen LogP contribution in [-0.4, -0.2) is 58.3 Å². The van der Waals surface area contributed by atoms with Gasteiger partial charge in [0.1, 0.15) is 17.2 Å². The molecule has 0 unspecified atom stereocenters. The van der Waals surface area contributed by atoms with Crippen LogP contribution in [-0.2, 0) is 11.3 Å². The fourth-order valence-corrected chi connectivity index (χ4v) is 5.27. The second-order valence-corrected chi connectivity index (χ2v) is 10.0. The minimum atomic E-state index is -0.762. The molecule has 0 radical (unpaired) electrons. The molecule has 0 saturated carbocycles. The first-order valence-electron chi connectivity index (χ1n) is 13.7. The molecule has 0 N–H and O–H groups in total. The minimum absolute atomic E-state index is 0.0819. The van der Waals surface area contributed by atoms with E-state index in [1.54, 1.807) is 46.8 Å². The molecule has 1 aliphatic rings. The number of halogens is 2. The molecule has 42 heavy (non-hydrogen) atoms. The fourth-order valence-electron chi connectivity index (χ4n) is 5.27. The molecule has 11 heteroatoms. The van der Waals surface area contributed by atoms with Crippen LogP contribution in [0, 0.1) is 11.6 Å². The number of nitrogens with zero attached hydrogens (tertiary/aromatic N) is 6. The summed E-state index contributed by atoms with van der Waals surface area (Å²) >= 11 is 0. The topological polar surface area (TPSA) is 85.5 Å². The lowest BCUT2D eigenvalue weighted by molar-refractivity contribution is 0.0524. The number of benzene rings is 3. The van der Waals surface area contributed by atoms with E-state index in [0.717, 1.165) is 11.3 Å². The van der Waals surface area contributed by atoms with Crippen molar-refractivity contribution in [1.82, 2.24) is 19.6 Å². The van der Waals surface area contributed by atoms with Crippen LogP contribution in [0.4, 0.5) is 20.2 Å². The largest absolute Gasteiger partial charge is 0.462 e. The quantitative estimate of drug-likeness (QED) is 0.268. The van der Waals surface area contributed by atoms with Crippen molar-refractivity contribution in [3.05, 3.63) is 112 Å². The molecule has 3 heterocycles. The Morgan fingerprint density at radius 1 is 0.929 bits per heavy atom. The van der Waals surface area contributed by atoms with E-state index in [4.69, 9.17) is 4.74 Å². The van der Waals surface area contributed by atoms with Gasteiger partial charge in [0.05, 0.1) is 30.6 Å². The number of pyridine rings is 1. The van der Waals surface area contributed by atoms with E-state index in [0.29, 0.717) is 49.6 Å². The van der Waals surface area contributed by atoms with E-state index in [-0.39, 0.29) is 23.4 Å². The van der Waals surface area contributed by atoms with Crippen molar-refractivity contribution in [1.29, 1.82) is 0 Å². The molecule has 0 bridgehead atoms. The molecule has 0 atom stereocenters. The third-order valence-electron chi connectivity index (χ3n) is 7.41. The van der Waals surface area contributed by atoms with Crippen molar-refractivity contribution >= 4 is 28.2 Å². The average molecular weight is 571 g/mol. The number of piperazine rings is 1. The van der Waals surface area contributed by atoms with Gasteiger partial charge in [0, 0.05) is 55.3 Å². The van der Waals surface area contributed by atoms with Gasteiger partial charge in [-0.1, -0.05) is 17.3 Å². The van der Waals surface area contributed by atoms with Crippen molar-refractivity contribution in [2.75, 3.05) is 42.6 Å². The van der Waals surface area contributed by atoms with E-state index in [1.807, 2.05) is 29.2 Å². The minimum Gasteiger partial charge on any atom is -0.462 e. The van der Waals surface area contributed by atoms with Crippen molar-refractivity contribution in [2.24, 2.45) is 0 Å². The number of carbonyl (C=O) groups excluding carboxylic acids is 1. The first-order chi connectivity index (χ1) is 20.4. The number of anilines is 2. The van der Waals surface area contributed by atoms with Gasteiger partial charge in [-0.3, -0.25) is 4.79 Å². The van der Waals surface area contributed by atoms with Crippen molar-refractivity contribution in [2.45, 2.75) is 13.5 Å². The molecular formula is C31H28F2N6O3. The molecule has 2 aromatic heterocycles. The number of ether oxygens (including phenoxy) is 1. The van der Waals surface area contributed by atoms with Gasteiger partial charge in [-0.25, -0.2) is 18.3 Å². The molecule has 9 nitrogen and oxygen atoms in total. The summed E-state index contributed by atoms with van der Waals surface area (Å²) in [7, 11) is 0. The Morgan fingerprint density at radius 2 is 1.62 bits per heavy atom. The van der Waals surface area contributed by atoms with Crippen LogP contribution < -0.4 is 15.2 Å². The second-order valence-electron chi connectivity index (χ2n) is 10.0. The number of hydrogen-bond donors (Lipinski definition) is 0. The average Bonchev–Trinajstić information content (AvgIpc) is 3.52. The summed E-state index contributed by atoms with van der Waals surface area (Å²) < 4.78 is 37.6. The predicted octanol–water partition coefficient (Wildman–Crippen LogP) is 4.41. The number of esters is 1. The van der Waals surface area contributed by atoms with Crippen LogP contribution in [0.1, 0.15) is 22.8 Å². The molecule has 6 rings (SSSR count). The van der Waals surface area contributed by atoms with Gasteiger partial charge in [-0.2, -0.15) is 0 Å². The maximum Gasteiger partial charge on any atom is 0.343 e. The van der Waals surface area contributed by atoms with Gasteiger partial charge in [0.2, 0.25) is 5.43 Å². The third-order valence-corrected chi connectivity index (χ3v) is 7.41. The molecular weight excluding hydrogens is 542 g/mol. The Hall–Kier alpha value is -5.06. The molecule has 1 saturated heterocycles. The molecule has 0 aliphatic carbocycles. The van der Waals surface area contributed by atoms with Gasteiger partial charge < -0.3 is 19.1 Å². The number of hydrogen-bond acceptors (Lipinski definition) is 7. The molecule has 0 amide bonds. The third kappa shape index (κ3) is 5.32. The van der Waals surface area contributed by atoms with Crippen LogP contribution >= 0.6 is 0 Å². The molecule has 214 valence electrons. The lowest BCUT2D eigenvalue weighted by Gasteiger charge is -2.37. The highest BCUT2D eigenvalue weighted by molar-refractivity contribution is 5.95. The predicted molar refractivity (Wildman–Crippen MR) is 155 cm³/mol.